The summed E-state index contributed by atoms with van der Waals surface area (Å²) in [6.45, 7) is 7.04. The molecule has 2 atom stereocenters. The maximum atomic E-state index is 5.50. The highest BCUT2D eigenvalue weighted by Gasteiger charge is 2.42. The third-order valence-corrected chi connectivity index (χ3v) is 6.34. The fourth-order valence-corrected chi connectivity index (χ4v) is 5.13. The van der Waals surface area contributed by atoms with Crippen LogP contribution in [0.25, 0.3) is 0 Å². The molecule has 0 amide bonds. The molecule has 4 rings (SSSR count). The van der Waals surface area contributed by atoms with Gasteiger partial charge in [0.05, 0.1) is 0 Å². The molecule has 3 aliphatic rings. The van der Waals surface area contributed by atoms with Crippen LogP contribution in [-0.4, -0.2) is 54.7 Å². The number of hydrogen-bond donors (Lipinski definition) is 0. The Labute approximate surface area is 131 Å². The first kappa shape index (κ1) is 14.2. The molecule has 3 fully saturated rings. The quantitative estimate of drug-likeness (QED) is 0.851. The molecule has 2 unspecified atom stereocenters. The average Bonchev–Trinajstić information content (AvgIpc) is 3.21. The van der Waals surface area contributed by atoms with Gasteiger partial charge in [-0.3, -0.25) is 9.80 Å². The summed E-state index contributed by atoms with van der Waals surface area (Å²) < 4.78 is 5.50. The van der Waals surface area contributed by atoms with Gasteiger partial charge in [0.1, 0.15) is 0 Å². The maximum Gasteiger partial charge on any atom is 0.0469 e. The highest BCUT2D eigenvalue weighted by Crippen LogP contribution is 2.34. The van der Waals surface area contributed by atoms with Crippen LogP contribution in [0.3, 0.4) is 0 Å². The molecule has 3 aliphatic heterocycles. The minimum absolute atomic E-state index is 0.810. The third-order valence-electron chi connectivity index (χ3n) is 5.61. The van der Waals surface area contributed by atoms with E-state index in [0.29, 0.717) is 0 Å². The standard InChI is InChI=1S/C17H26N2OS/c1-6-18(11-14-3-8-20-9-4-14)16-2-7-19(17(1)16)12-15-5-10-21-13-15/h5,10,13-14,16-17H,1-4,6-9,11-12H2. The first-order valence-electron chi connectivity index (χ1n) is 8.47. The SMILES string of the molecule is c1cc(CN2CCC3C2CCN3CC2CCOCC2)cs1. The number of thiophene rings is 1. The minimum Gasteiger partial charge on any atom is -0.381 e. The van der Waals surface area contributed by atoms with Crippen molar-refractivity contribution in [3.05, 3.63) is 22.4 Å². The molecule has 0 aliphatic carbocycles. The third kappa shape index (κ3) is 3.04. The van der Waals surface area contributed by atoms with E-state index in [1.54, 1.807) is 0 Å². The van der Waals surface area contributed by atoms with Gasteiger partial charge < -0.3 is 4.74 Å². The van der Waals surface area contributed by atoms with E-state index in [-0.39, 0.29) is 0 Å². The molecule has 0 bridgehead atoms. The topological polar surface area (TPSA) is 15.7 Å². The molecular formula is C17H26N2OS. The highest BCUT2D eigenvalue weighted by atomic mass is 32.1. The number of likely N-dealkylation sites (tertiary alicyclic amines) is 2. The molecule has 4 heteroatoms. The summed E-state index contributed by atoms with van der Waals surface area (Å²) in [6.07, 6.45) is 5.29. The lowest BCUT2D eigenvalue weighted by Gasteiger charge is -2.30. The van der Waals surface area contributed by atoms with E-state index in [0.717, 1.165) is 37.8 Å². The first-order valence-corrected chi connectivity index (χ1v) is 9.41. The molecule has 3 saturated heterocycles. The summed E-state index contributed by atoms with van der Waals surface area (Å²) >= 11 is 1.82. The molecule has 0 saturated carbocycles. The van der Waals surface area contributed by atoms with Crippen molar-refractivity contribution < 1.29 is 4.74 Å². The number of nitrogens with zero attached hydrogens (tertiary/aromatic N) is 2. The van der Waals surface area contributed by atoms with E-state index >= 15 is 0 Å². The van der Waals surface area contributed by atoms with E-state index in [4.69, 9.17) is 4.74 Å². The van der Waals surface area contributed by atoms with Crippen molar-refractivity contribution in [1.82, 2.24) is 9.80 Å². The molecule has 0 spiro atoms. The van der Waals surface area contributed by atoms with Crippen molar-refractivity contribution in [2.75, 3.05) is 32.8 Å². The van der Waals surface area contributed by atoms with E-state index < -0.39 is 0 Å². The lowest BCUT2D eigenvalue weighted by atomic mass is 9.99. The Kier molecular flexibility index (Phi) is 4.30. The van der Waals surface area contributed by atoms with Crippen LogP contribution in [0.1, 0.15) is 31.2 Å². The van der Waals surface area contributed by atoms with Gasteiger partial charge in [-0.1, -0.05) is 0 Å². The second kappa shape index (κ2) is 6.37. The van der Waals surface area contributed by atoms with E-state index in [1.807, 2.05) is 11.3 Å². The van der Waals surface area contributed by atoms with Crippen LogP contribution < -0.4 is 0 Å². The molecular weight excluding hydrogens is 280 g/mol. The molecule has 4 heterocycles. The fraction of sp³-hybridized carbons (Fsp3) is 0.765. The summed E-state index contributed by atoms with van der Waals surface area (Å²) in [4.78, 5) is 5.53. The molecule has 1 aromatic heterocycles. The minimum atomic E-state index is 0.810. The van der Waals surface area contributed by atoms with Gasteiger partial charge in [0.25, 0.3) is 0 Å². The Morgan fingerprint density at radius 3 is 2.57 bits per heavy atom. The van der Waals surface area contributed by atoms with Crippen LogP contribution >= 0.6 is 11.3 Å². The normalized spacial score (nSPS) is 31.8. The Balaban J connectivity index is 1.34. The van der Waals surface area contributed by atoms with Gasteiger partial charge in [0, 0.05) is 51.5 Å². The van der Waals surface area contributed by atoms with Crippen molar-refractivity contribution in [1.29, 1.82) is 0 Å². The van der Waals surface area contributed by atoms with Crippen LogP contribution in [0, 0.1) is 5.92 Å². The van der Waals surface area contributed by atoms with Crippen molar-refractivity contribution in [3.63, 3.8) is 0 Å². The number of ether oxygens (including phenoxy) is 1. The van der Waals surface area contributed by atoms with Crippen LogP contribution in [0.2, 0.25) is 0 Å². The fourth-order valence-electron chi connectivity index (χ4n) is 4.47. The predicted octanol–water partition coefficient (Wildman–Crippen LogP) is 2.82. The second-order valence-corrected chi connectivity index (χ2v) is 7.64. The summed E-state index contributed by atoms with van der Waals surface area (Å²) in [5, 5.41) is 4.51. The highest BCUT2D eigenvalue weighted by molar-refractivity contribution is 7.07. The van der Waals surface area contributed by atoms with Crippen LogP contribution in [0.4, 0.5) is 0 Å². The summed E-state index contributed by atoms with van der Waals surface area (Å²) in [5.74, 6) is 0.878. The lowest BCUT2D eigenvalue weighted by molar-refractivity contribution is 0.0504. The van der Waals surface area contributed by atoms with E-state index in [2.05, 4.69) is 26.6 Å². The molecule has 0 radical (unpaired) electrons. The van der Waals surface area contributed by atoms with Crippen molar-refractivity contribution in [3.8, 4) is 0 Å². The van der Waals surface area contributed by atoms with Crippen LogP contribution in [0.5, 0.6) is 0 Å². The zero-order valence-corrected chi connectivity index (χ0v) is 13.6. The van der Waals surface area contributed by atoms with Crippen molar-refractivity contribution in [2.24, 2.45) is 5.92 Å². The van der Waals surface area contributed by atoms with Crippen LogP contribution in [0.15, 0.2) is 16.8 Å². The molecule has 116 valence electrons. The average molecular weight is 306 g/mol. The molecule has 21 heavy (non-hydrogen) atoms. The Hall–Kier alpha value is -0.420. The van der Waals surface area contributed by atoms with Gasteiger partial charge in [0.15, 0.2) is 0 Å². The van der Waals surface area contributed by atoms with Gasteiger partial charge in [-0.15, -0.1) is 0 Å². The van der Waals surface area contributed by atoms with Gasteiger partial charge in [0.2, 0.25) is 0 Å². The van der Waals surface area contributed by atoms with Gasteiger partial charge in [-0.2, -0.15) is 11.3 Å². The number of fused-ring (bicyclic) bond motifs is 1. The summed E-state index contributed by atoms with van der Waals surface area (Å²) in [5.41, 5.74) is 1.50. The summed E-state index contributed by atoms with van der Waals surface area (Å²) in [6, 6.07) is 3.92. The Bertz CT molecular complexity index is 444. The number of rotatable bonds is 4. The van der Waals surface area contributed by atoms with Crippen molar-refractivity contribution in [2.45, 2.75) is 44.3 Å². The number of hydrogen-bond acceptors (Lipinski definition) is 4. The maximum absolute atomic E-state index is 5.50. The molecule has 0 aromatic carbocycles. The molecule has 3 nitrogen and oxygen atoms in total. The van der Waals surface area contributed by atoms with Crippen LogP contribution in [-0.2, 0) is 11.3 Å². The van der Waals surface area contributed by atoms with Gasteiger partial charge in [-0.25, -0.2) is 0 Å². The lowest BCUT2D eigenvalue weighted by Crippen LogP contribution is -2.39. The summed E-state index contributed by atoms with van der Waals surface area (Å²) in [7, 11) is 0. The smallest absolute Gasteiger partial charge is 0.0469 e. The zero-order valence-electron chi connectivity index (χ0n) is 12.7. The second-order valence-electron chi connectivity index (χ2n) is 6.86. The van der Waals surface area contributed by atoms with E-state index in [9.17, 15) is 0 Å². The largest absolute Gasteiger partial charge is 0.381 e. The van der Waals surface area contributed by atoms with Gasteiger partial charge >= 0.3 is 0 Å². The van der Waals surface area contributed by atoms with Gasteiger partial charge in [-0.05, 0) is 54.0 Å². The van der Waals surface area contributed by atoms with Crippen molar-refractivity contribution >= 4 is 11.3 Å². The first-order chi connectivity index (χ1) is 10.4. The molecule has 1 aromatic rings. The zero-order chi connectivity index (χ0) is 14.1. The van der Waals surface area contributed by atoms with E-state index in [1.165, 1.54) is 50.9 Å². The Morgan fingerprint density at radius 2 is 1.81 bits per heavy atom. The monoisotopic (exact) mass is 306 g/mol. The molecule has 0 N–H and O–H groups in total. The predicted molar refractivity (Wildman–Crippen MR) is 86.7 cm³/mol. The Morgan fingerprint density at radius 1 is 1.05 bits per heavy atom.